The van der Waals surface area contributed by atoms with E-state index in [-0.39, 0.29) is 11.2 Å². The number of aryl methyl sites for hydroxylation is 1. The van der Waals surface area contributed by atoms with E-state index in [4.69, 9.17) is 4.98 Å². The predicted octanol–water partition coefficient (Wildman–Crippen LogP) is 3.10. The maximum absolute atomic E-state index is 12.9. The van der Waals surface area contributed by atoms with Gasteiger partial charge < -0.3 is 4.98 Å². The first-order valence-corrected chi connectivity index (χ1v) is 10.2. The molecule has 0 aromatic carbocycles. The summed E-state index contributed by atoms with van der Waals surface area (Å²) in [7, 11) is 0. The molecule has 2 fully saturated rings. The molecule has 2 aromatic heterocycles. The molecular formula is C20H30N4O2. The maximum atomic E-state index is 12.9. The summed E-state index contributed by atoms with van der Waals surface area (Å²) in [5.74, 6) is 4.12. The van der Waals surface area contributed by atoms with Gasteiger partial charge in [-0.25, -0.2) is 9.78 Å². The van der Waals surface area contributed by atoms with Gasteiger partial charge in [0.1, 0.15) is 11.3 Å². The van der Waals surface area contributed by atoms with Gasteiger partial charge in [0.25, 0.3) is 5.56 Å². The van der Waals surface area contributed by atoms with Crippen LogP contribution in [0.1, 0.15) is 65.1 Å². The second kappa shape index (κ2) is 6.39. The Bertz CT molecular complexity index is 922. The van der Waals surface area contributed by atoms with E-state index < -0.39 is 0 Å². The molecule has 2 aliphatic rings. The van der Waals surface area contributed by atoms with Crippen molar-refractivity contribution in [3.8, 4) is 0 Å². The van der Waals surface area contributed by atoms with E-state index >= 15 is 0 Å². The van der Waals surface area contributed by atoms with Gasteiger partial charge >= 0.3 is 5.69 Å². The van der Waals surface area contributed by atoms with Crippen LogP contribution in [0.4, 0.5) is 0 Å². The fraction of sp³-hybridized carbons (Fsp3) is 0.750. The molecule has 0 bridgehead atoms. The minimum Gasteiger partial charge on any atom is -0.336 e. The number of imidazole rings is 1. The van der Waals surface area contributed by atoms with E-state index in [2.05, 4.69) is 18.8 Å². The van der Waals surface area contributed by atoms with Crippen molar-refractivity contribution in [3.63, 3.8) is 0 Å². The molecule has 2 aliphatic carbocycles. The lowest BCUT2D eigenvalue weighted by molar-refractivity contribution is 0.471. The number of nitrogens with one attached hydrogen (secondary N) is 1. The molecule has 0 amide bonds. The minimum absolute atomic E-state index is 0.218. The number of nitrogens with zero attached hydrogens (tertiary/aromatic N) is 3. The zero-order chi connectivity index (χ0) is 18.6. The zero-order valence-corrected chi connectivity index (χ0v) is 16.3. The Morgan fingerprint density at radius 3 is 2.08 bits per heavy atom. The molecule has 0 saturated heterocycles. The van der Waals surface area contributed by atoms with E-state index in [1.165, 1.54) is 17.4 Å². The molecule has 0 spiro atoms. The van der Waals surface area contributed by atoms with Gasteiger partial charge in [0, 0.05) is 19.0 Å². The normalized spacial score (nSPS) is 28.5. The summed E-state index contributed by atoms with van der Waals surface area (Å²) >= 11 is 0. The Labute approximate surface area is 153 Å². The number of fused-ring (bicyclic) bond motifs is 1. The first-order valence-electron chi connectivity index (χ1n) is 10.2. The fourth-order valence-electron chi connectivity index (χ4n) is 4.61. The maximum Gasteiger partial charge on any atom is 0.332 e. The quantitative estimate of drug-likeness (QED) is 0.826. The van der Waals surface area contributed by atoms with Crippen molar-refractivity contribution in [1.29, 1.82) is 0 Å². The summed E-state index contributed by atoms with van der Waals surface area (Å²) in [5.41, 5.74) is 0.619. The number of aromatic nitrogens is 4. The zero-order valence-electron chi connectivity index (χ0n) is 16.3. The lowest BCUT2D eigenvalue weighted by atomic mass is 9.94. The van der Waals surface area contributed by atoms with Crippen LogP contribution in [0, 0.1) is 23.7 Å². The number of rotatable bonds is 7. The second-order valence-corrected chi connectivity index (χ2v) is 8.49. The third-order valence-electron chi connectivity index (χ3n) is 6.36. The highest BCUT2D eigenvalue weighted by atomic mass is 16.2. The molecule has 2 saturated carbocycles. The Morgan fingerprint density at radius 2 is 1.58 bits per heavy atom. The van der Waals surface area contributed by atoms with Crippen LogP contribution in [-0.4, -0.2) is 19.1 Å². The third-order valence-corrected chi connectivity index (χ3v) is 6.36. The molecular weight excluding hydrogens is 328 g/mol. The largest absolute Gasteiger partial charge is 0.336 e. The summed E-state index contributed by atoms with van der Waals surface area (Å²) in [4.78, 5) is 33.9. The second-order valence-electron chi connectivity index (χ2n) is 8.49. The van der Waals surface area contributed by atoms with Gasteiger partial charge in [-0.15, -0.1) is 0 Å². The summed E-state index contributed by atoms with van der Waals surface area (Å²) in [5, 5.41) is 0. The van der Waals surface area contributed by atoms with E-state index in [0.717, 1.165) is 30.5 Å². The van der Waals surface area contributed by atoms with Crippen LogP contribution in [-0.2, 0) is 13.1 Å². The van der Waals surface area contributed by atoms with Gasteiger partial charge in [-0.1, -0.05) is 27.7 Å². The van der Waals surface area contributed by atoms with Crippen LogP contribution in [0.5, 0.6) is 0 Å². The van der Waals surface area contributed by atoms with Crippen LogP contribution in [0.3, 0.4) is 0 Å². The molecule has 4 atom stereocenters. The standard InChI is InChI=1S/C20H30N4O2/c1-5-7-23-18-16(19(25)24(8-6-2)20(23)26)21-17(22-18)15(13-9-11(13)3)14-10-12(14)4/h11-15H,5-10H2,1-4H3,(H,21,22). The van der Waals surface area contributed by atoms with Gasteiger partial charge in [0.05, 0.1) is 0 Å². The van der Waals surface area contributed by atoms with E-state index in [1.54, 1.807) is 4.57 Å². The highest BCUT2D eigenvalue weighted by Crippen LogP contribution is 2.59. The Morgan fingerprint density at radius 1 is 1.04 bits per heavy atom. The molecule has 4 rings (SSSR count). The van der Waals surface area contributed by atoms with Crippen molar-refractivity contribution in [2.24, 2.45) is 23.7 Å². The summed E-state index contributed by atoms with van der Waals surface area (Å²) in [6, 6.07) is 0. The highest BCUT2D eigenvalue weighted by Gasteiger charge is 2.51. The average Bonchev–Trinajstić information content (AvgIpc) is 3.45. The Balaban J connectivity index is 1.88. The first-order chi connectivity index (χ1) is 12.5. The van der Waals surface area contributed by atoms with Crippen molar-refractivity contribution in [1.82, 2.24) is 19.1 Å². The van der Waals surface area contributed by atoms with Crippen LogP contribution >= 0.6 is 0 Å². The van der Waals surface area contributed by atoms with Crippen molar-refractivity contribution < 1.29 is 0 Å². The highest BCUT2D eigenvalue weighted by molar-refractivity contribution is 5.70. The minimum atomic E-state index is -0.222. The van der Waals surface area contributed by atoms with Crippen molar-refractivity contribution in [2.75, 3.05) is 0 Å². The monoisotopic (exact) mass is 358 g/mol. The molecule has 142 valence electrons. The third kappa shape index (κ3) is 2.74. The first kappa shape index (κ1) is 17.6. The SMILES string of the molecule is CCCn1c(=O)c2[nH]c(C(C3CC3C)C3CC3C)nc2n(CCC)c1=O. The average molecular weight is 358 g/mol. The number of hydrogen-bond acceptors (Lipinski definition) is 3. The summed E-state index contributed by atoms with van der Waals surface area (Å²) < 4.78 is 3.06. The lowest BCUT2D eigenvalue weighted by Gasteiger charge is -2.13. The Kier molecular flexibility index (Phi) is 4.32. The molecule has 0 aliphatic heterocycles. The molecule has 6 heteroatoms. The molecule has 0 radical (unpaired) electrons. The van der Waals surface area contributed by atoms with E-state index in [0.29, 0.717) is 42.0 Å². The van der Waals surface area contributed by atoms with Crippen LogP contribution in [0.2, 0.25) is 0 Å². The van der Waals surface area contributed by atoms with Crippen LogP contribution < -0.4 is 11.2 Å². The topological polar surface area (TPSA) is 72.7 Å². The molecule has 2 heterocycles. The van der Waals surface area contributed by atoms with Gasteiger partial charge in [-0.3, -0.25) is 13.9 Å². The number of aromatic amines is 1. The van der Waals surface area contributed by atoms with Gasteiger partial charge in [0.15, 0.2) is 5.65 Å². The molecule has 1 N–H and O–H groups in total. The van der Waals surface area contributed by atoms with Crippen molar-refractivity contribution >= 4 is 11.2 Å². The smallest absolute Gasteiger partial charge is 0.332 e. The van der Waals surface area contributed by atoms with Gasteiger partial charge in [-0.2, -0.15) is 0 Å². The predicted molar refractivity (Wildman–Crippen MR) is 102 cm³/mol. The number of H-pyrrole nitrogens is 1. The molecule has 6 nitrogen and oxygen atoms in total. The van der Waals surface area contributed by atoms with Crippen LogP contribution in [0.25, 0.3) is 11.2 Å². The lowest BCUT2D eigenvalue weighted by Crippen LogP contribution is -2.40. The summed E-state index contributed by atoms with van der Waals surface area (Å²) in [6.45, 7) is 9.67. The number of hydrogen-bond donors (Lipinski definition) is 1. The van der Waals surface area contributed by atoms with E-state index in [1.807, 2.05) is 13.8 Å². The van der Waals surface area contributed by atoms with E-state index in [9.17, 15) is 9.59 Å². The van der Waals surface area contributed by atoms with Gasteiger partial charge in [0.2, 0.25) is 0 Å². The van der Waals surface area contributed by atoms with Crippen molar-refractivity contribution in [3.05, 3.63) is 26.7 Å². The van der Waals surface area contributed by atoms with Gasteiger partial charge in [-0.05, 0) is 49.4 Å². The fourth-order valence-corrected chi connectivity index (χ4v) is 4.61. The summed E-state index contributed by atoms with van der Waals surface area (Å²) in [6.07, 6.45) is 4.08. The Hall–Kier alpha value is -1.85. The molecule has 26 heavy (non-hydrogen) atoms. The molecule has 2 aromatic rings. The molecule has 4 unspecified atom stereocenters. The van der Waals surface area contributed by atoms with Crippen LogP contribution in [0.15, 0.2) is 9.59 Å². The van der Waals surface area contributed by atoms with Crippen molar-refractivity contribution in [2.45, 2.75) is 72.4 Å².